The zero-order chi connectivity index (χ0) is 11.5. The fraction of sp³-hybridized carbons (Fsp3) is 0.615. The largest absolute Gasteiger partial charge is 0.481 e. The SMILES string of the molecule is COc1ccc([C@H]2CCCN2C(C)C)cn1. The average Bonchev–Trinajstić information content (AvgIpc) is 2.78. The van der Waals surface area contributed by atoms with Crippen LogP contribution in [-0.2, 0) is 0 Å². The first kappa shape index (κ1) is 11.4. The summed E-state index contributed by atoms with van der Waals surface area (Å²) in [6.45, 7) is 5.72. The molecule has 0 unspecified atom stereocenters. The molecule has 1 fully saturated rings. The van der Waals surface area contributed by atoms with Gasteiger partial charge in [-0.1, -0.05) is 6.07 Å². The predicted octanol–water partition coefficient (Wildman–Crippen LogP) is 2.64. The molecule has 1 atom stereocenters. The normalized spacial score (nSPS) is 21.6. The van der Waals surface area contributed by atoms with Crippen LogP contribution in [0.1, 0.15) is 38.3 Å². The molecule has 0 aliphatic carbocycles. The van der Waals surface area contributed by atoms with Crippen molar-refractivity contribution in [3.63, 3.8) is 0 Å². The second-order valence-corrected chi connectivity index (χ2v) is 4.62. The smallest absolute Gasteiger partial charge is 0.212 e. The van der Waals surface area contributed by atoms with Gasteiger partial charge in [-0.3, -0.25) is 4.90 Å². The van der Waals surface area contributed by atoms with Crippen LogP contribution in [0.15, 0.2) is 18.3 Å². The molecule has 1 aromatic rings. The van der Waals surface area contributed by atoms with Crippen LogP contribution in [-0.4, -0.2) is 29.6 Å². The number of pyridine rings is 1. The Morgan fingerprint density at radius 1 is 1.44 bits per heavy atom. The van der Waals surface area contributed by atoms with Crippen molar-refractivity contribution in [3.05, 3.63) is 23.9 Å². The van der Waals surface area contributed by atoms with Crippen LogP contribution in [0.2, 0.25) is 0 Å². The topological polar surface area (TPSA) is 25.4 Å². The Morgan fingerprint density at radius 3 is 2.81 bits per heavy atom. The quantitative estimate of drug-likeness (QED) is 0.783. The summed E-state index contributed by atoms with van der Waals surface area (Å²) >= 11 is 0. The van der Waals surface area contributed by atoms with Gasteiger partial charge in [-0.05, 0) is 38.8 Å². The van der Waals surface area contributed by atoms with Gasteiger partial charge in [0, 0.05) is 24.3 Å². The molecule has 0 radical (unpaired) electrons. The maximum absolute atomic E-state index is 5.08. The van der Waals surface area contributed by atoms with Crippen LogP contribution in [0, 0.1) is 0 Å². The van der Waals surface area contributed by atoms with E-state index in [2.05, 4.69) is 29.8 Å². The lowest BCUT2D eigenvalue weighted by molar-refractivity contribution is 0.205. The number of nitrogens with zero attached hydrogens (tertiary/aromatic N) is 2. The van der Waals surface area contributed by atoms with Gasteiger partial charge in [-0.15, -0.1) is 0 Å². The average molecular weight is 220 g/mol. The number of hydrogen-bond acceptors (Lipinski definition) is 3. The molecule has 16 heavy (non-hydrogen) atoms. The molecule has 3 nitrogen and oxygen atoms in total. The van der Waals surface area contributed by atoms with E-state index >= 15 is 0 Å². The zero-order valence-electron chi connectivity index (χ0n) is 10.3. The van der Waals surface area contributed by atoms with E-state index in [0.29, 0.717) is 18.0 Å². The highest BCUT2D eigenvalue weighted by Crippen LogP contribution is 2.33. The van der Waals surface area contributed by atoms with E-state index < -0.39 is 0 Å². The molecule has 0 bridgehead atoms. The lowest BCUT2D eigenvalue weighted by Crippen LogP contribution is -2.30. The van der Waals surface area contributed by atoms with Gasteiger partial charge in [0.25, 0.3) is 0 Å². The Kier molecular flexibility index (Phi) is 3.44. The van der Waals surface area contributed by atoms with E-state index in [1.165, 1.54) is 24.9 Å². The third kappa shape index (κ3) is 2.19. The summed E-state index contributed by atoms with van der Waals surface area (Å²) in [5, 5.41) is 0. The maximum atomic E-state index is 5.08. The number of rotatable bonds is 3. The molecule has 0 aromatic carbocycles. The molecule has 2 heterocycles. The molecule has 88 valence electrons. The van der Waals surface area contributed by atoms with Crippen molar-refractivity contribution < 1.29 is 4.74 Å². The maximum Gasteiger partial charge on any atom is 0.212 e. The van der Waals surface area contributed by atoms with Crippen LogP contribution < -0.4 is 4.74 Å². The third-order valence-corrected chi connectivity index (χ3v) is 3.31. The van der Waals surface area contributed by atoms with Crippen LogP contribution in [0.5, 0.6) is 5.88 Å². The first-order chi connectivity index (χ1) is 7.72. The van der Waals surface area contributed by atoms with Gasteiger partial charge < -0.3 is 4.74 Å². The molecule has 2 rings (SSSR count). The van der Waals surface area contributed by atoms with Crippen molar-refractivity contribution in [3.8, 4) is 5.88 Å². The Balaban J connectivity index is 2.16. The first-order valence-electron chi connectivity index (χ1n) is 5.98. The third-order valence-electron chi connectivity index (χ3n) is 3.31. The van der Waals surface area contributed by atoms with Gasteiger partial charge >= 0.3 is 0 Å². The van der Waals surface area contributed by atoms with Gasteiger partial charge in [-0.25, -0.2) is 4.98 Å². The Morgan fingerprint density at radius 2 is 2.25 bits per heavy atom. The van der Waals surface area contributed by atoms with E-state index in [-0.39, 0.29) is 0 Å². The summed E-state index contributed by atoms with van der Waals surface area (Å²) in [7, 11) is 1.65. The number of methoxy groups -OCH3 is 1. The minimum absolute atomic E-state index is 0.540. The van der Waals surface area contributed by atoms with Crippen molar-refractivity contribution in [1.82, 2.24) is 9.88 Å². The lowest BCUT2D eigenvalue weighted by atomic mass is 10.1. The molecule has 0 saturated carbocycles. The molecule has 1 aliphatic rings. The molecular formula is C13H20N2O. The molecular weight excluding hydrogens is 200 g/mol. The standard InChI is InChI=1S/C13H20N2O/c1-10(2)15-8-4-5-12(15)11-6-7-13(16-3)14-9-11/h6-7,9-10,12H,4-5,8H2,1-3H3/t12-/m1/s1. The number of aromatic nitrogens is 1. The highest BCUT2D eigenvalue weighted by Gasteiger charge is 2.27. The van der Waals surface area contributed by atoms with Crippen LogP contribution >= 0.6 is 0 Å². The lowest BCUT2D eigenvalue weighted by Gasteiger charge is -2.28. The molecule has 1 aromatic heterocycles. The Bertz CT molecular complexity index is 334. The van der Waals surface area contributed by atoms with E-state index in [1.807, 2.05) is 12.3 Å². The minimum Gasteiger partial charge on any atom is -0.481 e. The molecule has 0 spiro atoms. The van der Waals surface area contributed by atoms with Crippen molar-refractivity contribution >= 4 is 0 Å². The van der Waals surface area contributed by atoms with E-state index in [0.717, 1.165) is 0 Å². The minimum atomic E-state index is 0.540. The highest BCUT2D eigenvalue weighted by atomic mass is 16.5. The summed E-state index contributed by atoms with van der Waals surface area (Å²) in [6, 6.07) is 5.23. The van der Waals surface area contributed by atoms with Crippen LogP contribution in [0.3, 0.4) is 0 Å². The number of likely N-dealkylation sites (tertiary alicyclic amines) is 1. The van der Waals surface area contributed by atoms with E-state index in [1.54, 1.807) is 7.11 Å². The van der Waals surface area contributed by atoms with Crippen molar-refractivity contribution in [2.75, 3.05) is 13.7 Å². The molecule has 1 saturated heterocycles. The van der Waals surface area contributed by atoms with Crippen molar-refractivity contribution in [2.45, 2.75) is 38.8 Å². The Labute approximate surface area is 97.4 Å². The predicted molar refractivity (Wildman–Crippen MR) is 64.6 cm³/mol. The monoisotopic (exact) mass is 220 g/mol. The van der Waals surface area contributed by atoms with Crippen LogP contribution in [0.25, 0.3) is 0 Å². The highest BCUT2D eigenvalue weighted by molar-refractivity contribution is 5.21. The van der Waals surface area contributed by atoms with Gasteiger partial charge in [-0.2, -0.15) is 0 Å². The zero-order valence-corrected chi connectivity index (χ0v) is 10.3. The number of hydrogen-bond donors (Lipinski definition) is 0. The van der Waals surface area contributed by atoms with Crippen molar-refractivity contribution in [2.24, 2.45) is 0 Å². The molecule has 0 N–H and O–H groups in total. The fourth-order valence-corrected chi connectivity index (χ4v) is 2.47. The second kappa shape index (κ2) is 4.83. The molecule has 0 amide bonds. The summed E-state index contributed by atoms with van der Waals surface area (Å²) in [5.41, 5.74) is 1.31. The van der Waals surface area contributed by atoms with Crippen LogP contribution in [0.4, 0.5) is 0 Å². The van der Waals surface area contributed by atoms with Gasteiger partial charge in [0.05, 0.1) is 7.11 Å². The van der Waals surface area contributed by atoms with E-state index in [4.69, 9.17) is 4.74 Å². The van der Waals surface area contributed by atoms with Gasteiger partial charge in [0.2, 0.25) is 5.88 Å². The molecule has 3 heteroatoms. The first-order valence-corrected chi connectivity index (χ1v) is 5.98. The van der Waals surface area contributed by atoms with Crippen molar-refractivity contribution in [1.29, 1.82) is 0 Å². The number of ether oxygens (including phenoxy) is 1. The summed E-state index contributed by atoms with van der Waals surface area (Å²) in [4.78, 5) is 6.83. The van der Waals surface area contributed by atoms with Gasteiger partial charge in [0.15, 0.2) is 0 Å². The Hall–Kier alpha value is -1.09. The van der Waals surface area contributed by atoms with Gasteiger partial charge in [0.1, 0.15) is 0 Å². The summed E-state index contributed by atoms with van der Waals surface area (Å²) in [5.74, 6) is 0.692. The fourth-order valence-electron chi connectivity index (χ4n) is 2.47. The summed E-state index contributed by atoms with van der Waals surface area (Å²) < 4.78 is 5.08. The second-order valence-electron chi connectivity index (χ2n) is 4.62. The summed E-state index contributed by atoms with van der Waals surface area (Å²) in [6.07, 6.45) is 4.48. The molecule has 1 aliphatic heterocycles. The van der Waals surface area contributed by atoms with E-state index in [9.17, 15) is 0 Å².